The summed E-state index contributed by atoms with van der Waals surface area (Å²) in [6.45, 7) is 1.26. The number of alkyl halides is 3. The molecule has 96 valence electrons. The molecule has 6 heteroatoms. The molecule has 0 saturated heterocycles. The largest absolute Gasteiger partial charge is 0.433 e. The zero-order valence-electron chi connectivity index (χ0n) is 9.58. The molecule has 0 bridgehead atoms. The Labute approximate surface area is 101 Å². The van der Waals surface area contributed by atoms with E-state index < -0.39 is 17.4 Å². The smallest absolute Gasteiger partial charge is 0.291 e. The summed E-state index contributed by atoms with van der Waals surface area (Å²) in [4.78, 5) is 11.7. The van der Waals surface area contributed by atoms with Gasteiger partial charge in [-0.15, -0.1) is 0 Å². The maximum atomic E-state index is 12.6. The van der Waals surface area contributed by atoms with Crippen molar-refractivity contribution in [2.24, 2.45) is 0 Å². The number of benzene rings is 1. The van der Waals surface area contributed by atoms with Crippen LogP contribution in [0.15, 0.2) is 35.1 Å². The second-order valence-electron chi connectivity index (χ2n) is 3.99. The molecule has 0 fully saturated rings. The first kappa shape index (κ1) is 12.5. The quantitative estimate of drug-likeness (QED) is 0.881. The zero-order chi connectivity index (χ0) is 13.3. The van der Waals surface area contributed by atoms with Crippen molar-refractivity contribution in [3.05, 3.63) is 57.5 Å². The van der Waals surface area contributed by atoms with Crippen LogP contribution in [0.1, 0.15) is 16.8 Å². The topological polar surface area (TPSA) is 37.8 Å². The van der Waals surface area contributed by atoms with E-state index >= 15 is 0 Å². The van der Waals surface area contributed by atoms with Crippen LogP contribution in [-0.2, 0) is 12.7 Å². The maximum absolute atomic E-state index is 12.6. The van der Waals surface area contributed by atoms with Crippen molar-refractivity contribution >= 4 is 0 Å². The van der Waals surface area contributed by atoms with Crippen LogP contribution < -0.4 is 5.56 Å². The summed E-state index contributed by atoms with van der Waals surface area (Å²) in [6.07, 6.45) is -4.54. The van der Waals surface area contributed by atoms with Crippen LogP contribution in [0.4, 0.5) is 13.2 Å². The average molecular weight is 256 g/mol. The van der Waals surface area contributed by atoms with Crippen molar-refractivity contribution in [2.75, 3.05) is 0 Å². The van der Waals surface area contributed by atoms with Gasteiger partial charge in [0.15, 0.2) is 0 Å². The summed E-state index contributed by atoms with van der Waals surface area (Å²) >= 11 is 0. The van der Waals surface area contributed by atoms with E-state index in [1.165, 1.54) is 6.92 Å². The van der Waals surface area contributed by atoms with Gasteiger partial charge in [0.05, 0.1) is 6.54 Å². The van der Waals surface area contributed by atoms with Crippen molar-refractivity contribution in [1.29, 1.82) is 0 Å². The number of aromatic amines is 1. The van der Waals surface area contributed by atoms with Gasteiger partial charge < -0.3 is 0 Å². The van der Waals surface area contributed by atoms with E-state index in [9.17, 15) is 18.0 Å². The number of nitrogens with one attached hydrogen (secondary N) is 1. The van der Waals surface area contributed by atoms with Crippen molar-refractivity contribution < 1.29 is 13.2 Å². The Morgan fingerprint density at radius 3 is 2.33 bits per heavy atom. The molecular formula is C12H11F3N2O. The van der Waals surface area contributed by atoms with E-state index in [1.54, 1.807) is 30.3 Å². The summed E-state index contributed by atoms with van der Waals surface area (Å²) in [6, 6.07) is 8.82. The number of hydrogen-bond acceptors (Lipinski definition) is 1. The summed E-state index contributed by atoms with van der Waals surface area (Å²) in [5.74, 6) is 0. The molecular weight excluding hydrogens is 245 g/mol. The van der Waals surface area contributed by atoms with Gasteiger partial charge in [-0.25, -0.2) is 4.68 Å². The lowest BCUT2D eigenvalue weighted by Crippen LogP contribution is -2.18. The standard InChI is InChI=1S/C12H11F3N2O/c1-8-10(12(13,14)15)16-17(11(8)18)7-9-5-3-2-4-6-9/h2-6,16H,7H2,1H3. The Kier molecular flexibility index (Phi) is 3.02. The van der Waals surface area contributed by atoms with Crippen LogP contribution >= 0.6 is 0 Å². The third-order valence-electron chi connectivity index (χ3n) is 2.65. The Morgan fingerprint density at radius 1 is 1.22 bits per heavy atom. The number of H-pyrrole nitrogens is 1. The highest BCUT2D eigenvalue weighted by atomic mass is 19.4. The van der Waals surface area contributed by atoms with Crippen molar-refractivity contribution in [2.45, 2.75) is 19.6 Å². The molecule has 0 aliphatic carbocycles. The van der Waals surface area contributed by atoms with Crippen LogP contribution in [-0.4, -0.2) is 9.78 Å². The lowest BCUT2D eigenvalue weighted by Gasteiger charge is -2.04. The molecule has 0 spiro atoms. The van der Waals surface area contributed by atoms with Crippen LogP contribution in [0.3, 0.4) is 0 Å². The number of rotatable bonds is 2. The van der Waals surface area contributed by atoms with Crippen molar-refractivity contribution in [1.82, 2.24) is 9.78 Å². The molecule has 1 aromatic carbocycles. The van der Waals surface area contributed by atoms with E-state index in [0.717, 1.165) is 10.2 Å². The summed E-state index contributed by atoms with van der Waals surface area (Å²) in [5.41, 5.74) is -1.18. The van der Waals surface area contributed by atoms with E-state index in [0.29, 0.717) is 0 Å². The van der Waals surface area contributed by atoms with Gasteiger partial charge in [0, 0.05) is 5.56 Å². The molecule has 0 unspecified atom stereocenters. The molecule has 0 amide bonds. The highest BCUT2D eigenvalue weighted by Crippen LogP contribution is 2.28. The molecule has 2 rings (SSSR count). The molecule has 0 aliphatic rings. The molecule has 0 saturated carbocycles. The zero-order valence-corrected chi connectivity index (χ0v) is 9.58. The summed E-state index contributed by atoms with van der Waals surface area (Å²) in [5, 5.41) is 2.12. The minimum absolute atomic E-state index is 0.0938. The Balaban J connectivity index is 2.39. The minimum Gasteiger partial charge on any atom is -0.291 e. The summed E-state index contributed by atoms with van der Waals surface area (Å²) < 4.78 is 38.8. The third kappa shape index (κ3) is 2.32. The van der Waals surface area contributed by atoms with E-state index in [4.69, 9.17) is 0 Å². The molecule has 0 atom stereocenters. The fourth-order valence-electron chi connectivity index (χ4n) is 1.73. The van der Waals surface area contributed by atoms with Crippen molar-refractivity contribution in [3.63, 3.8) is 0 Å². The predicted molar refractivity (Wildman–Crippen MR) is 60.3 cm³/mol. The van der Waals surface area contributed by atoms with Crippen LogP contribution in [0.25, 0.3) is 0 Å². The highest BCUT2D eigenvalue weighted by Gasteiger charge is 2.36. The minimum atomic E-state index is -4.54. The first-order chi connectivity index (χ1) is 8.39. The molecule has 2 aromatic rings. The van der Waals surface area contributed by atoms with Gasteiger partial charge >= 0.3 is 6.18 Å². The number of nitrogens with zero attached hydrogens (tertiary/aromatic N) is 1. The highest BCUT2D eigenvalue weighted by molar-refractivity contribution is 5.20. The number of halogens is 3. The normalized spacial score (nSPS) is 11.8. The molecule has 18 heavy (non-hydrogen) atoms. The fraction of sp³-hybridized carbons (Fsp3) is 0.250. The molecule has 0 aliphatic heterocycles. The average Bonchev–Trinajstić information content (AvgIpc) is 2.58. The van der Waals surface area contributed by atoms with E-state index in [-0.39, 0.29) is 12.1 Å². The van der Waals surface area contributed by atoms with Gasteiger partial charge in [0.1, 0.15) is 5.69 Å². The molecule has 1 N–H and O–H groups in total. The van der Waals surface area contributed by atoms with Gasteiger partial charge in [-0.2, -0.15) is 13.2 Å². The van der Waals surface area contributed by atoms with Gasteiger partial charge in [-0.05, 0) is 12.5 Å². The monoisotopic (exact) mass is 256 g/mol. The molecule has 1 heterocycles. The summed E-state index contributed by atoms with van der Waals surface area (Å²) in [7, 11) is 0. The molecule has 0 radical (unpaired) electrons. The molecule has 1 aromatic heterocycles. The van der Waals surface area contributed by atoms with Gasteiger partial charge in [0.25, 0.3) is 5.56 Å². The SMILES string of the molecule is Cc1c(C(F)(F)F)[nH]n(Cc2ccccc2)c1=O. The van der Waals surface area contributed by atoms with E-state index in [1.807, 2.05) is 0 Å². The Morgan fingerprint density at radius 2 is 1.83 bits per heavy atom. The predicted octanol–water partition coefficient (Wildman–Crippen LogP) is 2.55. The maximum Gasteiger partial charge on any atom is 0.433 e. The Bertz CT molecular complexity index is 596. The fourth-order valence-corrected chi connectivity index (χ4v) is 1.73. The first-order valence-corrected chi connectivity index (χ1v) is 5.30. The number of aromatic nitrogens is 2. The second kappa shape index (κ2) is 4.36. The van der Waals surface area contributed by atoms with Gasteiger partial charge in [0.2, 0.25) is 0 Å². The second-order valence-corrected chi connectivity index (χ2v) is 3.99. The van der Waals surface area contributed by atoms with Crippen LogP contribution in [0.5, 0.6) is 0 Å². The van der Waals surface area contributed by atoms with Crippen LogP contribution in [0.2, 0.25) is 0 Å². The van der Waals surface area contributed by atoms with Crippen molar-refractivity contribution in [3.8, 4) is 0 Å². The van der Waals surface area contributed by atoms with Gasteiger partial charge in [-0.1, -0.05) is 30.3 Å². The first-order valence-electron chi connectivity index (χ1n) is 5.30. The Hall–Kier alpha value is -1.98. The third-order valence-corrected chi connectivity index (χ3v) is 2.65. The number of hydrogen-bond donors (Lipinski definition) is 1. The van der Waals surface area contributed by atoms with Gasteiger partial charge in [-0.3, -0.25) is 9.89 Å². The van der Waals surface area contributed by atoms with E-state index in [2.05, 4.69) is 5.10 Å². The lowest BCUT2D eigenvalue weighted by atomic mass is 10.2. The lowest BCUT2D eigenvalue weighted by molar-refractivity contribution is -0.141. The van der Waals surface area contributed by atoms with Crippen LogP contribution in [0, 0.1) is 6.92 Å². The molecule has 3 nitrogen and oxygen atoms in total.